The molecule has 1 amide bonds. The average molecular weight is 560 g/mol. The van der Waals surface area contributed by atoms with Crippen LogP contribution in [0.5, 0.6) is 5.75 Å². The number of aryl methyl sites for hydroxylation is 2. The number of carbonyl (C=O) groups excluding carboxylic acids is 1. The van der Waals surface area contributed by atoms with E-state index in [0.29, 0.717) is 16.7 Å². The molecule has 0 aliphatic carbocycles. The van der Waals surface area contributed by atoms with Gasteiger partial charge >= 0.3 is 12.1 Å². The molecule has 0 radical (unpaired) electrons. The molecule has 10 heteroatoms. The van der Waals surface area contributed by atoms with E-state index in [4.69, 9.17) is 0 Å². The van der Waals surface area contributed by atoms with Crippen LogP contribution in [0, 0.1) is 6.92 Å². The third-order valence-corrected chi connectivity index (χ3v) is 6.98. The normalized spacial score (nSPS) is 13.7. The summed E-state index contributed by atoms with van der Waals surface area (Å²) in [5, 5.41) is 26.9. The zero-order valence-corrected chi connectivity index (χ0v) is 21.9. The van der Waals surface area contributed by atoms with Crippen LogP contribution in [0.2, 0.25) is 0 Å². The van der Waals surface area contributed by atoms with E-state index < -0.39 is 23.6 Å². The second kappa shape index (κ2) is 10.5. The Hall–Kier alpha value is -5.12. The lowest BCUT2D eigenvalue weighted by molar-refractivity contribution is -0.137. The Labute approximate surface area is 233 Å². The lowest BCUT2D eigenvalue weighted by atomic mass is 9.92. The van der Waals surface area contributed by atoms with Gasteiger partial charge in [0.05, 0.1) is 22.5 Å². The second-order valence-corrected chi connectivity index (χ2v) is 9.52. The summed E-state index contributed by atoms with van der Waals surface area (Å²) in [7, 11) is 0. The minimum absolute atomic E-state index is 0.00233. The van der Waals surface area contributed by atoms with E-state index in [9.17, 15) is 33.0 Å². The van der Waals surface area contributed by atoms with Crippen LogP contribution in [0.25, 0.3) is 22.3 Å². The first-order valence-corrected chi connectivity index (χ1v) is 12.6. The lowest BCUT2D eigenvalue weighted by Gasteiger charge is -2.17. The Morgan fingerprint density at radius 1 is 0.976 bits per heavy atom. The van der Waals surface area contributed by atoms with Gasteiger partial charge in [-0.2, -0.15) is 18.3 Å². The van der Waals surface area contributed by atoms with Crippen molar-refractivity contribution in [3.05, 3.63) is 101 Å². The van der Waals surface area contributed by atoms with Crippen LogP contribution >= 0.6 is 0 Å². The zero-order valence-electron chi connectivity index (χ0n) is 21.9. The predicted octanol–water partition coefficient (Wildman–Crippen LogP) is 7.08. The first kappa shape index (κ1) is 27.4. The van der Waals surface area contributed by atoms with Gasteiger partial charge in [-0.25, -0.2) is 4.79 Å². The van der Waals surface area contributed by atoms with Gasteiger partial charge in [0.15, 0.2) is 5.71 Å². The highest BCUT2D eigenvalue weighted by atomic mass is 19.4. The van der Waals surface area contributed by atoms with Crippen molar-refractivity contribution >= 4 is 29.0 Å². The summed E-state index contributed by atoms with van der Waals surface area (Å²) in [6, 6.07) is 17.9. The van der Waals surface area contributed by atoms with Crippen molar-refractivity contribution in [1.29, 1.82) is 0 Å². The van der Waals surface area contributed by atoms with Crippen LogP contribution in [0.4, 0.5) is 24.5 Å². The van der Waals surface area contributed by atoms with Crippen LogP contribution in [0.15, 0.2) is 77.9 Å². The standard InChI is InChI=1S/C31H24F3N3O4/c1-3-17-10-11-19(14-16(17)2)25-23(31(32,33)34)13-12-22-26(25)35-29(39)27(22)37-36-24-9-5-8-21(28(24)38)18-6-4-7-20(15-18)30(40)41/h4-15,36,38H,3H2,1-2H3,(H,40,41)(H,35,37,39). The van der Waals surface area contributed by atoms with E-state index in [1.54, 1.807) is 42.5 Å². The Morgan fingerprint density at radius 3 is 2.41 bits per heavy atom. The van der Waals surface area contributed by atoms with E-state index in [1.165, 1.54) is 24.3 Å². The maximum absolute atomic E-state index is 14.1. The van der Waals surface area contributed by atoms with E-state index in [0.717, 1.165) is 23.6 Å². The van der Waals surface area contributed by atoms with Gasteiger partial charge in [-0.05, 0) is 65.9 Å². The minimum atomic E-state index is -4.67. The van der Waals surface area contributed by atoms with Gasteiger partial charge in [0, 0.05) is 16.7 Å². The van der Waals surface area contributed by atoms with Crippen LogP contribution in [-0.4, -0.2) is 27.8 Å². The van der Waals surface area contributed by atoms with Crippen molar-refractivity contribution in [3.8, 4) is 28.0 Å². The molecule has 0 saturated carbocycles. The summed E-state index contributed by atoms with van der Waals surface area (Å²) in [6.07, 6.45) is -3.95. The maximum atomic E-state index is 14.1. The van der Waals surface area contributed by atoms with Crippen molar-refractivity contribution < 1.29 is 33.0 Å². The Kier molecular flexibility index (Phi) is 7.00. The highest BCUT2D eigenvalue weighted by Crippen LogP contribution is 2.45. The molecule has 0 bridgehead atoms. The number of para-hydroxylation sites is 1. The fraction of sp³-hybridized carbons (Fsp3) is 0.129. The van der Waals surface area contributed by atoms with Gasteiger partial charge in [0.1, 0.15) is 5.75 Å². The van der Waals surface area contributed by atoms with Crippen LogP contribution < -0.4 is 10.7 Å². The number of carbonyl (C=O) groups is 2. The van der Waals surface area contributed by atoms with Gasteiger partial charge in [0.2, 0.25) is 0 Å². The van der Waals surface area contributed by atoms with Gasteiger partial charge in [-0.3, -0.25) is 10.2 Å². The van der Waals surface area contributed by atoms with Gasteiger partial charge in [0.25, 0.3) is 5.91 Å². The zero-order chi connectivity index (χ0) is 29.5. The fourth-order valence-electron chi connectivity index (χ4n) is 4.92. The van der Waals surface area contributed by atoms with E-state index >= 15 is 0 Å². The molecule has 0 atom stereocenters. The molecule has 41 heavy (non-hydrogen) atoms. The summed E-state index contributed by atoms with van der Waals surface area (Å²) in [6.45, 7) is 3.78. The number of nitrogens with zero attached hydrogens (tertiary/aromatic N) is 1. The number of rotatable bonds is 6. The molecular weight excluding hydrogens is 535 g/mol. The van der Waals surface area contributed by atoms with Crippen molar-refractivity contribution in [2.45, 2.75) is 26.4 Å². The van der Waals surface area contributed by atoms with Gasteiger partial charge < -0.3 is 15.5 Å². The highest BCUT2D eigenvalue weighted by Gasteiger charge is 2.39. The number of alkyl halides is 3. The minimum Gasteiger partial charge on any atom is -0.505 e. The van der Waals surface area contributed by atoms with Gasteiger partial charge in [-0.15, -0.1) is 0 Å². The van der Waals surface area contributed by atoms with Gasteiger partial charge in [-0.1, -0.05) is 49.4 Å². The third kappa shape index (κ3) is 5.11. The summed E-state index contributed by atoms with van der Waals surface area (Å²) >= 11 is 0. The number of hydrazone groups is 1. The van der Waals surface area contributed by atoms with Crippen molar-refractivity contribution in [3.63, 3.8) is 0 Å². The van der Waals surface area contributed by atoms with E-state index in [-0.39, 0.29) is 39.5 Å². The molecule has 4 aromatic rings. The topological polar surface area (TPSA) is 111 Å². The largest absolute Gasteiger partial charge is 0.505 e. The molecule has 5 rings (SSSR count). The quantitative estimate of drug-likeness (QED) is 0.149. The van der Waals surface area contributed by atoms with Crippen LogP contribution in [-0.2, 0) is 17.4 Å². The molecular formula is C31H24F3N3O4. The summed E-state index contributed by atoms with van der Waals surface area (Å²) in [5.74, 6) is -2.08. The fourth-order valence-corrected chi connectivity index (χ4v) is 4.92. The molecule has 4 N–H and O–H groups in total. The molecule has 208 valence electrons. The number of aromatic carboxylic acids is 1. The van der Waals surface area contributed by atoms with Crippen molar-refractivity contribution in [2.75, 3.05) is 10.7 Å². The molecule has 1 aliphatic heterocycles. The molecule has 1 aliphatic rings. The van der Waals surface area contributed by atoms with E-state index in [1.807, 2.05) is 13.8 Å². The number of carboxylic acids is 1. The Bertz CT molecular complexity index is 1750. The monoisotopic (exact) mass is 559 g/mol. The number of hydrogen-bond acceptors (Lipinski definition) is 5. The first-order valence-electron chi connectivity index (χ1n) is 12.6. The lowest BCUT2D eigenvalue weighted by Crippen LogP contribution is -2.16. The van der Waals surface area contributed by atoms with E-state index in [2.05, 4.69) is 15.8 Å². The maximum Gasteiger partial charge on any atom is 0.417 e. The smallest absolute Gasteiger partial charge is 0.417 e. The third-order valence-electron chi connectivity index (χ3n) is 6.98. The number of nitrogens with one attached hydrogen (secondary N) is 2. The number of halogens is 3. The number of amides is 1. The number of hydrogen-bond donors (Lipinski definition) is 4. The molecule has 1 heterocycles. The van der Waals surface area contributed by atoms with Crippen molar-refractivity contribution in [1.82, 2.24) is 0 Å². The Balaban J connectivity index is 1.56. The molecule has 0 saturated heterocycles. The molecule has 0 unspecified atom stereocenters. The Morgan fingerprint density at radius 2 is 1.73 bits per heavy atom. The summed E-state index contributed by atoms with van der Waals surface area (Å²) in [4.78, 5) is 24.3. The number of fused-ring (bicyclic) bond motifs is 1. The molecule has 7 nitrogen and oxygen atoms in total. The number of anilines is 2. The summed E-state index contributed by atoms with van der Waals surface area (Å²) in [5.41, 5.74) is 4.67. The SMILES string of the molecule is CCc1ccc(-c2c(C(F)(F)F)ccc3c2NC(=O)C3=NNc2cccc(-c3cccc(C(=O)O)c3)c2O)cc1C. The average Bonchev–Trinajstić information content (AvgIpc) is 3.26. The molecule has 0 fully saturated rings. The van der Waals surface area contributed by atoms with Crippen molar-refractivity contribution in [2.24, 2.45) is 5.10 Å². The van der Waals surface area contributed by atoms with Crippen LogP contribution in [0.1, 0.15) is 39.5 Å². The number of carboxylic acid groups (broad SMARTS) is 1. The molecule has 4 aromatic carbocycles. The first-order chi connectivity index (χ1) is 19.5. The number of benzene rings is 4. The predicted molar refractivity (Wildman–Crippen MR) is 150 cm³/mol. The second-order valence-electron chi connectivity index (χ2n) is 9.52. The van der Waals surface area contributed by atoms with Crippen LogP contribution in [0.3, 0.4) is 0 Å². The molecule has 0 spiro atoms. The summed E-state index contributed by atoms with van der Waals surface area (Å²) < 4.78 is 42.3. The highest BCUT2D eigenvalue weighted by molar-refractivity contribution is 6.54. The number of aromatic hydroxyl groups is 1. The molecule has 0 aromatic heterocycles. The number of phenols is 1. The number of phenolic OH excluding ortho intramolecular Hbond substituents is 1.